The molecule has 0 aliphatic heterocycles. The summed E-state index contributed by atoms with van der Waals surface area (Å²) in [6, 6.07) is 8.61. The SMILES string of the molecule is C=CCOc1c(Br)cc(/C=N/NC(=O)c2ccc(OC)c(OCC)c2)cc1Br. The molecule has 0 fully saturated rings. The van der Waals surface area contributed by atoms with Crippen molar-refractivity contribution in [2.24, 2.45) is 5.10 Å². The average Bonchev–Trinajstić information content (AvgIpc) is 2.67. The molecule has 148 valence electrons. The molecule has 28 heavy (non-hydrogen) atoms. The Morgan fingerprint density at radius 2 is 1.89 bits per heavy atom. The third kappa shape index (κ3) is 5.84. The van der Waals surface area contributed by atoms with E-state index in [1.807, 2.05) is 19.1 Å². The van der Waals surface area contributed by atoms with Gasteiger partial charge in [-0.2, -0.15) is 5.10 Å². The number of hydrogen-bond acceptors (Lipinski definition) is 5. The van der Waals surface area contributed by atoms with Crippen LogP contribution in [0.3, 0.4) is 0 Å². The van der Waals surface area contributed by atoms with Gasteiger partial charge < -0.3 is 14.2 Å². The largest absolute Gasteiger partial charge is 0.493 e. The number of benzene rings is 2. The fourth-order valence-corrected chi connectivity index (χ4v) is 3.70. The van der Waals surface area contributed by atoms with Crippen LogP contribution in [0.4, 0.5) is 0 Å². The molecule has 0 saturated heterocycles. The maximum Gasteiger partial charge on any atom is 0.271 e. The number of nitrogens with zero attached hydrogens (tertiary/aromatic N) is 1. The van der Waals surface area contributed by atoms with Crippen LogP contribution in [0.15, 0.2) is 57.0 Å². The molecule has 0 unspecified atom stereocenters. The zero-order valence-corrected chi connectivity index (χ0v) is 18.7. The van der Waals surface area contributed by atoms with E-state index in [4.69, 9.17) is 14.2 Å². The first-order chi connectivity index (χ1) is 13.5. The molecule has 1 N–H and O–H groups in total. The summed E-state index contributed by atoms with van der Waals surface area (Å²) in [5.41, 5.74) is 3.69. The molecule has 0 heterocycles. The van der Waals surface area contributed by atoms with E-state index < -0.39 is 0 Å². The molecule has 1 amide bonds. The highest BCUT2D eigenvalue weighted by Crippen LogP contribution is 2.34. The third-order valence-corrected chi connectivity index (χ3v) is 4.65. The predicted octanol–water partition coefficient (Wildman–Crippen LogP) is 4.95. The minimum absolute atomic E-state index is 0.357. The molecule has 0 aromatic heterocycles. The van der Waals surface area contributed by atoms with E-state index in [0.29, 0.717) is 36.0 Å². The highest BCUT2D eigenvalue weighted by molar-refractivity contribution is 9.11. The van der Waals surface area contributed by atoms with Crippen molar-refractivity contribution >= 4 is 44.0 Å². The minimum Gasteiger partial charge on any atom is -0.493 e. The van der Waals surface area contributed by atoms with E-state index in [1.165, 1.54) is 6.21 Å². The first kappa shape index (κ1) is 22.0. The van der Waals surface area contributed by atoms with Crippen molar-refractivity contribution in [3.8, 4) is 17.2 Å². The Morgan fingerprint density at radius 3 is 2.50 bits per heavy atom. The Hall–Kier alpha value is -2.32. The van der Waals surface area contributed by atoms with E-state index in [-0.39, 0.29) is 5.91 Å². The van der Waals surface area contributed by atoms with Gasteiger partial charge in [0.1, 0.15) is 12.4 Å². The second-order valence-corrected chi connectivity index (χ2v) is 7.12. The number of nitrogens with one attached hydrogen (secondary N) is 1. The standard InChI is InChI=1S/C20H20Br2N2O4/c1-4-8-28-19-15(21)9-13(10-16(19)22)12-23-24-20(25)14-6-7-17(26-3)18(11-14)27-5-2/h4,6-7,9-12H,1,5,8H2,2-3H3,(H,24,25)/b23-12+. The highest BCUT2D eigenvalue weighted by atomic mass is 79.9. The van der Waals surface area contributed by atoms with Crippen LogP contribution in [0.1, 0.15) is 22.8 Å². The van der Waals surface area contributed by atoms with Crippen molar-refractivity contribution < 1.29 is 19.0 Å². The molecule has 6 nitrogen and oxygen atoms in total. The van der Waals surface area contributed by atoms with E-state index >= 15 is 0 Å². The van der Waals surface area contributed by atoms with Crippen molar-refractivity contribution in [1.29, 1.82) is 0 Å². The molecular formula is C20H20Br2N2O4. The maximum absolute atomic E-state index is 12.3. The molecule has 2 aromatic rings. The fourth-order valence-electron chi connectivity index (χ4n) is 2.25. The van der Waals surface area contributed by atoms with Crippen LogP contribution < -0.4 is 19.6 Å². The highest BCUT2D eigenvalue weighted by Gasteiger charge is 2.11. The Balaban J connectivity index is 2.09. The molecule has 0 aliphatic rings. The summed E-state index contributed by atoms with van der Waals surface area (Å²) >= 11 is 6.92. The Bertz CT molecular complexity index is 861. The monoisotopic (exact) mass is 510 g/mol. The summed E-state index contributed by atoms with van der Waals surface area (Å²) in [6.07, 6.45) is 3.21. The number of carbonyl (C=O) groups is 1. The molecule has 0 radical (unpaired) electrons. The van der Waals surface area contributed by atoms with E-state index in [2.05, 4.69) is 49.0 Å². The number of halogens is 2. The van der Waals surface area contributed by atoms with Crippen LogP contribution in [0.2, 0.25) is 0 Å². The van der Waals surface area contributed by atoms with E-state index in [9.17, 15) is 4.79 Å². The summed E-state index contributed by atoms with van der Waals surface area (Å²) < 4.78 is 17.8. The maximum atomic E-state index is 12.3. The van der Waals surface area contributed by atoms with E-state index in [1.54, 1.807) is 31.4 Å². The van der Waals surface area contributed by atoms with Gasteiger partial charge in [-0.15, -0.1) is 0 Å². The lowest BCUT2D eigenvalue weighted by atomic mass is 10.2. The molecule has 8 heteroatoms. The summed E-state index contributed by atoms with van der Waals surface area (Å²) in [4.78, 5) is 12.3. The molecule has 2 aromatic carbocycles. The molecule has 2 rings (SSSR count). The first-order valence-electron chi connectivity index (χ1n) is 8.37. The smallest absolute Gasteiger partial charge is 0.271 e. The van der Waals surface area contributed by atoms with Gasteiger partial charge in [0.25, 0.3) is 5.91 Å². The van der Waals surface area contributed by atoms with Gasteiger partial charge in [0, 0.05) is 5.56 Å². The zero-order chi connectivity index (χ0) is 20.5. The minimum atomic E-state index is -0.357. The second kappa shape index (κ2) is 10.9. The van der Waals surface area contributed by atoms with Crippen LogP contribution in [0.25, 0.3) is 0 Å². The van der Waals surface area contributed by atoms with Crippen LogP contribution in [0, 0.1) is 0 Å². The lowest BCUT2D eigenvalue weighted by molar-refractivity contribution is 0.0954. The summed E-state index contributed by atoms with van der Waals surface area (Å²) in [6.45, 7) is 6.35. The topological polar surface area (TPSA) is 69.2 Å². The molecule has 0 atom stereocenters. The van der Waals surface area contributed by atoms with Crippen molar-refractivity contribution in [3.63, 3.8) is 0 Å². The van der Waals surface area contributed by atoms with Crippen LogP contribution in [0.5, 0.6) is 17.2 Å². The van der Waals surface area contributed by atoms with Gasteiger partial charge in [-0.05, 0) is 74.7 Å². The summed E-state index contributed by atoms with van der Waals surface area (Å²) in [5.74, 6) is 1.38. The number of rotatable bonds is 9. The van der Waals surface area contributed by atoms with Crippen molar-refractivity contribution in [3.05, 3.63) is 63.1 Å². The van der Waals surface area contributed by atoms with Gasteiger partial charge in [-0.1, -0.05) is 12.7 Å². The van der Waals surface area contributed by atoms with Crippen molar-refractivity contribution in [2.75, 3.05) is 20.3 Å². The molecule has 0 aliphatic carbocycles. The van der Waals surface area contributed by atoms with Gasteiger partial charge >= 0.3 is 0 Å². The second-order valence-electron chi connectivity index (χ2n) is 5.41. The number of methoxy groups -OCH3 is 1. The molecule has 0 saturated carbocycles. The zero-order valence-electron chi connectivity index (χ0n) is 15.5. The first-order valence-corrected chi connectivity index (χ1v) is 9.95. The number of carbonyl (C=O) groups excluding carboxylic acids is 1. The lowest BCUT2D eigenvalue weighted by Crippen LogP contribution is -2.17. The Morgan fingerprint density at radius 1 is 1.18 bits per heavy atom. The third-order valence-electron chi connectivity index (χ3n) is 3.47. The normalized spacial score (nSPS) is 10.6. The van der Waals surface area contributed by atoms with Gasteiger partial charge in [0.05, 0.1) is 28.9 Å². The lowest BCUT2D eigenvalue weighted by Gasteiger charge is -2.10. The summed E-state index contributed by atoms with van der Waals surface area (Å²) in [5, 5.41) is 4.01. The van der Waals surface area contributed by atoms with Crippen LogP contribution in [-0.2, 0) is 0 Å². The van der Waals surface area contributed by atoms with E-state index in [0.717, 1.165) is 14.5 Å². The quantitative estimate of drug-likeness (QED) is 0.294. The van der Waals surface area contributed by atoms with Crippen molar-refractivity contribution in [1.82, 2.24) is 5.43 Å². The summed E-state index contributed by atoms with van der Waals surface area (Å²) in [7, 11) is 1.55. The number of amides is 1. The Kier molecular flexibility index (Phi) is 8.53. The molecular weight excluding hydrogens is 492 g/mol. The van der Waals surface area contributed by atoms with Gasteiger partial charge in [0.15, 0.2) is 11.5 Å². The Labute approximate surface area is 180 Å². The van der Waals surface area contributed by atoms with Crippen molar-refractivity contribution in [2.45, 2.75) is 6.92 Å². The average molecular weight is 512 g/mol. The molecule has 0 spiro atoms. The number of hydrazone groups is 1. The van der Waals surface area contributed by atoms with Crippen LogP contribution >= 0.6 is 31.9 Å². The fraction of sp³-hybridized carbons (Fsp3) is 0.200. The molecule has 0 bridgehead atoms. The van der Waals surface area contributed by atoms with Gasteiger partial charge in [-0.3, -0.25) is 4.79 Å². The number of hydrogen-bond donors (Lipinski definition) is 1. The van der Waals surface area contributed by atoms with Gasteiger partial charge in [-0.25, -0.2) is 5.43 Å². The van der Waals surface area contributed by atoms with Gasteiger partial charge in [0.2, 0.25) is 0 Å². The van der Waals surface area contributed by atoms with Crippen LogP contribution in [-0.4, -0.2) is 32.4 Å². The number of ether oxygens (including phenoxy) is 3. The predicted molar refractivity (Wildman–Crippen MR) is 117 cm³/mol.